The van der Waals surface area contributed by atoms with E-state index in [1.54, 1.807) is 59.8 Å². The van der Waals surface area contributed by atoms with E-state index in [0.29, 0.717) is 46.1 Å². The van der Waals surface area contributed by atoms with E-state index in [-0.39, 0.29) is 36.2 Å². The van der Waals surface area contributed by atoms with Crippen LogP contribution in [0.1, 0.15) is 40.8 Å². The highest BCUT2D eigenvalue weighted by Gasteiger charge is 2.27. The quantitative estimate of drug-likeness (QED) is 0.517. The van der Waals surface area contributed by atoms with Crippen LogP contribution >= 0.6 is 11.6 Å². The van der Waals surface area contributed by atoms with E-state index in [1.165, 1.54) is 13.0 Å². The van der Waals surface area contributed by atoms with Crippen molar-refractivity contribution in [2.45, 2.75) is 45.7 Å². The van der Waals surface area contributed by atoms with Gasteiger partial charge >= 0.3 is 5.97 Å². The predicted octanol–water partition coefficient (Wildman–Crippen LogP) is 3.98. The third-order valence-corrected chi connectivity index (χ3v) is 6.91. The number of benzene rings is 2. The van der Waals surface area contributed by atoms with Crippen LogP contribution in [0.2, 0.25) is 5.02 Å². The molecule has 0 saturated carbocycles. The van der Waals surface area contributed by atoms with E-state index in [4.69, 9.17) is 16.3 Å². The fourth-order valence-electron chi connectivity index (χ4n) is 4.58. The number of hydrogen-bond donors (Lipinski definition) is 1. The molecular formula is C27H28ClN3O5. The summed E-state index contributed by atoms with van der Waals surface area (Å²) in [5.41, 5.74) is 2.84. The molecule has 1 aliphatic carbocycles. The number of carbonyl (C=O) groups is 2. The third kappa shape index (κ3) is 5.28. The van der Waals surface area contributed by atoms with Crippen LogP contribution in [0.25, 0.3) is 11.1 Å². The fourth-order valence-corrected chi connectivity index (χ4v) is 4.75. The summed E-state index contributed by atoms with van der Waals surface area (Å²) in [7, 11) is 1.77. The number of halogens is 1. The summed E-state index contributed by atoms with van der Waals surface area (Å²) in [5.74, 6) is 0.102. The van der Waals surface area contributed by atoms with Gasteiger partial charge in [0.15, 0.2) is 0 Å². The molecule has 1 N–H and O–H groups in total. The van der Waals surface area contributed by atoms with E-state index >= 15 is 0 Å². The molecule has 9 heteroatoms. The Kier molecular flexibility index (Phi) is 7.45. The monoisotopic (exact) mass is 509 g/mol. The van der Waals surface area contributed by atoms with Gasteiger partial charge in [0.2, 0.25) is 5.91 Å². The molecule has 0 aliphatic heterocycles. The van der Waals surface area contributed by atoms with Gasteiger partial charge in [-0.05, 0) is 55.7 Å². The number of amides is 1. The molecule has 0 fully saturated rings. The lowest BCUT2D eigenvalue weighted by atomic mass is 9.91. The van der Waals surface area contributed by atoms with Gasteiger partial charge in [-0.1, -0.05) is 23.7 Å². The smallest absolute Gasteiger partial charge is 0.335 e. The van der Waals surface area contributed by atoms with Gasteiger partial charge in [-0.3, -0.25) is 14.2 Å². The predicted molar refractivity (Wildman–Crippen MR) is 137 cm³/mol. The number of carboxylic acids is 1. The number of aromatic nitrogens is 2. The Hall–Kier alpha value is -3.65. The molecule has 8 nitrogen and oxygen atoms in total. The fraction of sp³-hybridized carbons (Fsp3) is 0.333. The number of aryl methyl sites for hydroxylation is 2. The van der Waals surface area contributed by atoms with Crippen molar-refractivity contribution in [2.24, 2.45) is 0 Å². The molecule has 1 atom stereocenters. The molecule has 4 rings (SSSR count). The van der Waals surface area contributed by atoms with E-state index in [9.17, 15) is 19.5 Å². The van der Waals surface area contributed by atoms with Crippen molar-refractivity contribution in [3.05, 3.63) is 80.5 Å². The maximum atomic E-state index is 13.3. The number of aromatic carboxylic acids is 1. The Morgan fingerprint density at radius 3 is 2.75 bits per heavy atom. The largest absolute Gasteiger partial charge is 0.491 e. The molecule has 0 saturated heterocycles. The Labute approximate surface area is 214 Å². The summed E-state index contributed by atoms with van der Waals surface area (Å²) in [6.45, 7) is 3.82. The Morgan fingerprint density at radius 1 is 1.25 bits per heavy atom. The van der Waals surface area contributed by atoms with Crippen molar-refractivity contribution >= 4 is 23.5 Å². The molecule has 1 aromatic heterocycles. The number of carboxylic acid groups (broad SMARTS) is 1. The van der Waals surface area contributed by atoms with E-state index < -0.39 is 5.97 Å². The zero-order valence-corrected chi connectivity index (χ0v) is 21.2. The summed E-state index contributed by atoms with van der Waals surface area (Å²) in [6, 6.07) is 11.7. The SMILES string of the molecule is CC(=O)N(C)C1CCc2nc(C)n(CCOc3ccc(Cl)cc3-c3cccc(C(=O)O)c3)c(=O)c2C1. The first-order valence-electron chi connectivity index (χ1n) is 11.7. The van der Waals surface area contributed by atoms with Gasteiger partial charge in [0.25, 0.3) is 5.56 Å². The second-order valence-corrected chi connectivity index (χ2v) is 9.38. The lowest BCUT2D eigenvalue weighted by molar-refractivity contribution is -0.129. The maximum absolute atomic E-state index is 13.3. The van der Waals surface area contributed by atoms with E-state index in [0.717, 1.165) is 12.1 Å². The minimum atomic E-state index is -1.02. The highest BCUT2D eigenvalue weighted by molar-refractivity contribution is 6.31. The van der Waals surface area contributed by atoms with Crippen molar-refractivity contribution in [3.63, 3.8) is 0 Å². The molecule has 0 radical (unpaired) electrons. The summed E-state index contributed by atoms with van der Waals surface area (Å²) >= 11 is 6.21. The average molecular weight is 510 g/mol. The van der Waals surface area contributed by atoms with Gasteiger partial charge in [0, 0.05) is 42.6 Å². The van der Waals surface area contributed by atoms with Gasteiger partial charge in [0.1, 0.15) is 18.2 Å². The van der Waals surface area contributed by atoms with Crippen LogP contribution < -0.4 is 10.3 Å². The average Bonchev–Trinajstić information content (AvgIpc) is 2.86. The Bertz CT molecular complexity index is 1380. The number of nitrogens with zero attached hydrogens (tertiary/aromatic N) is 3. The highest BCUT2D eigenvalue weighted by Crippen LogP contribution is 2.33. The van der Waals surface area contributed by atoms with Crippen LogP contribution in [-0.4, -0.2) is 51.1 Å². The second-order valence-electron chi connectivity index (χ2n) is 8.94. The number of carbonyl (C=O) groups excluding carboxylic acids is 1. The number of rotatable bonds is 7. The van der Waals surface area contributed by atoms with Crippen molar-refractivity contribution in [2.75, 3.05) is 13.7 Å². The molecule has 2 aromatic carbocycles. The van der Waals surface area contributed by atoms with Crippen LogP contribution in [0.5, 0.6) is 5.75 Å². The first-order valence-corrected chi connectivity index (χ1v) is 12.1. The zero-order chi connectivity index (χ0) is 26.0. The number of hydrogen-bond acceptors (Lipinski definition) is 5. The lowest BCUT2D eigenvalue weighted by Crippen LogP contribution is -2.43. The number of ether oxygens (including phenoxy) is 1. The molecular weight excluding hydrogens is 482 g/mol. The van der Waals surface area contributed by atoms with Gasteiger partial charge in [0.05, 0.1) is 17.8 Å². The molecule has 1 heterocycles. The third-order valence-electron chi connectivity index (χ3n) is 6.67. The van der Waals surface area contributed by atoms with Crippen LogP contribution in [0, 0.1) is 6.92 Å². The molecule has 3 aromatic rings. The summed E-state index contributed by atoms with van der Waals surface area (Å²) in [4.78, 5) is 42.9. The topological polar surface area (TPSA) is 102 Å². The Morgan fingerprint density at radius 2 is 2.03 bits per heavy atom. The molecule has 0 spiro atoms. The highest BCUT2D eigenvalue weighted by atomic mass is 35.5. The normalized spacial score (nSPS) is 14.7. The minimum absolute atomic E-state index is 0.0184. The number of likely N-dealkylation sites (N-methyl/N-ethyl adjacent to an activating group) is 1. The molecule has 1 unspecified atom stereocenters. The van der Waals surface area contributed by atoms with Crippen LogP contribution in [0.4, 0.5) is 0 Å². The molecule has 188 valence electrons. The van der Waals surface area contributed by atoms with Crippen molar-refractivity contribution in [1.29, 1.82) is 0 Å². The van der Waals surface area contributed by atoms with Crippen LogP contribution in [0.15, 0.2) is 47.3 Å². The van der Waals surface area contributed by atoms with E-state index in [1.807, 2.05) is 0 Å². The van der Waals surface area contributed by atoms with Gasteiger partial charge in [-0.15, -0.1) is 0 Å². The number of fused-ring (bicyclic) bond motifs is 1. The first-order chi connectivity index (χ1) is 17.2. The van der Waals surface area contributed by atoms with E-state index in [2.05, 4.69) is 4.98 Å². The van der Waals surface area contributed by atoms with Gasteiger partial charge in [-0.2, -0.15) is 0 Å². The van der Waals surface area contributed by atoms with Crippen LogP contribution in [-0.2, 0) is 24.2 Å². The maximum Gasteiger partial charge on any atom is 0.335 e. The lowest BCUT2D eigenvalue weighted by Gasteiger charge is -2.31. The van der Waals surface area contributed by atoms with Crippen molar-refractivity contribution in [3.8, 4) is 16.9 Å². The summed E-state index contributed by atoms with van der Waals surface area (Å²) < 4.78 is 7.66. The molecule has 1 amide bonds. The van der Waals surface area contributed by atoms with Gasteiger partial charge < -0.3 is 14.7 Å². The minimum Gasteiger partial charge on any atom is -0.491 e. The Balaban J connectivity index is 1.55. The van der Waals surface area contributed by atoms with Crippen molar-refractivity contribution < 1.29 is 19.4 Å². The second kappa shape index (κ2) is 10.5. The summed E-state index contributed by atoms with van der Waals surface area (Å²) in [6.07, 6.45) is 1.93. The first kappa shape index (κ1) is 25.4. The van der Waals surface area contributed by atoms with Crippen LogP contribution in [0.3, 0.4) is 0 Å². The summed E-state index contributed by atoms with van der Waals surface area (Å²) in [5, 5.41) is 9.84. The molecule has 0 bridgehead atoms. The molecule has 1 aliphatic rings. The van der Waals surface area contributed by atoms with Crippen molar-refractivity contribution in [1.82, 2.24) is 14.5 Å². The van der Waals surface area contributed by atoms with Gasteiger partial charge in [-0.25, -0.2) is 9.78 Å². The standard InChI is InChI=1S/C27H28ClN3O5/c1-16-29-24-9-8-21(30(3)17(2)32)15-23(24)26(33)31(16)11-12-36-25-10-7-20(28)14-22(25)18-5-4-6-19(13-18)27(34)35/h4-7,10,13-14,21H,8-9,11-12,15H2,1-3H3,(H,34,35). The molecule has 36 heavy (non-hydrogen) atoms. The zero-order valence-electron chi connectivity index (χ0n) is 20.5.